The fourth-order valence-electron chi connectivity index (χ4n) is 2.88. The van der Waals surface area contributed by atoms with Crippen molar-refractivity contribution < 1.29 is 0 Å². The number of nitrogens with zero attached hydrogens (tertiary/aromatic N) is 2. The lowest BCUT2D eigenvalue weighted by Gasteiger charge is -2.37. The normalized spacial score (nSPS) is 21.8. The summed E-state index contributed by atoms with van der Waals surface area (Å²) in [5.41, 5.74) is 4.10. The Morgan fingerprint density at radius 3 is 2.47 bits per heavy atom. The van der Waals surface area contributed by atoms with Crippen molar-refractivity contribution in [2.75, 3.05) is 40.3 Å². The van der Waals surface area contributed by atoms with Crippen LogP contribution < -0.4 is 5.32 Å². The molecule has 0 spiro atoms. The summed E-state index contributed by atoms with van der Waals surface area (Å²) in [5, 5.41) is 3.61. The van der Waals surface area contributed by atoms with Crippen LogP contribution in [-0.2, 0) is 6.54 Å². The number of aryl methyl sites for hydroxylation is 2. The predicted octanol–water partition coefficient (Wildman–Crippen LogP) is 1.64. The zero-order valence-electron chi connectivity index (χ0n) is 12.7. The molecule has 1 unspecified atom stereocenters. The van der Waals surface area contributed by atoms with Gasteiger partial charge in [-0.1, -0.05) is 29.3 Å². The Morgan fingerprint density at radius 2 is 1.79 bits per heavy atom. The quantitative estimate of drug-likeness (QED) is 0.889. The number of piperazine rings is 1. The Balaban J connectivity index is 1.82. The third-order valence-electron chi connectivity index (χ3n) is 3.97. The smallest absolute Gasteiger partial charge is 0.0345 e. The van der Waals surface area contributed by atoms with Crippen molar-refractivity contribution in [3.05, 3.63) is 34.9 Å². The van der Waals surface area contributed by atoms with Crippen LogP contribution in [-0.4, -0.2) is 56.1 Å². The maximum absolute atomic E-state index is 3.61. The van der Waals surface area contributed by atoms with E-state index in [0.717, 1.165) is 19.6 Å². The molecule has 3 nitrogen and oxygen atoms in total. The van der Waals surface area contributed by atoms with Crippen molar-refractivity contribution in [3.63, 3.8) is 0 Å². The van der Waals surface area contributed by atoms with Gasteiger partial charge in [0.15, 0.2) is 0 Å². The van der Waals surface area contributed by atoms with E-state index in [1.807, 2.05) is 0 Å². The number of rotatable bonds is 4. The van der Waals surface area contributed by atoms with Gasteiger partial charge >= 0.3 is 0 Å². The first kappa shape index (κ1) is 14.5. The first-order valence-corrected chi connectivity index (χ1v) is 7.21. The number of benzene rings is 1. The Labute approximate surface area is 117 Å². The molecule has 0 aromatic heterocycles. The molecule has 0 bridgehead atoms. The minimum absolute atomic E-state index is 0.629. The summed E-state index contributed by atoms with van der Waals surface area (Å²) >= 11 is 0. The van der Waals surface area contributed by atoms with Gasteiger partial charge in [-0.3, -0.25) is 4.90 Å². The van der Waals surface area contributed by atoms with Crippen molar-refractivity contribution in [3.8, 4) is 0 Å². The minimum atomic E-state index is 0.629. The van der Waals surface area contributed by atoms with Gasteiger partial charge in [0.1, 0.15) is 0 Å². The molecule has 0 aliphatic carbocycles. The van der Waals surface area contributed by atoms with Gasteiger partial charge in [-0.25, -0.2) is 0 Å². The van der Waals surface area contributed by atoms with Gasteiger partial charge in [0.05, 0.1) is 0 Å². The second kappa shape index (κ2) is 6.51. The maximum Gasteiger partial charge on any atom is 0.0345 e. The lowest BCUT2D eigenvalue weighted by molar-refractivity contribution is 0.113. The summed E-state index contributed by atoms with van der Waals surface area (Å²) in [6.45, 7) is 9.89. The second-order valence-corrected chi connectivity index (χ2v) is 6.02. The molecule has 106 valence electrons. The van der Waals surface area contributed by atoms with Gasteiger partial charge in [0, 0.05) is 38.8 Å². The fraction of sp³-hybridized carbons (Fsp3) is 0.625. The summed E-state index contributed by atoms with van der Waals surface area (Å²) in [6.07, 6.45) is 0. The van der Waals surface area contributed by atoms with Gasteiger partial charge < -0.3 is 10.2 Å². The van der Waals surface area contributed by atoms with E-state index in [4.69, 9.17) is 0 Å². The largest absolute Gasteiger partial charge is 0.311 e. The maximum atomic E-state index is 3.61. The topological polar surface area (TPSA) is 18.5 Å². The monoisotopic (exact) mass is 261 g/mol. The Bertz CT molecular complexity index is 396. The molecule has 1 fully saturated rings. The van der Waals surface area contributed by atoms with Crippen molar-refractivity contribution >= 4 is 0 Å². The zero-order chi connectivity index (χ0) is 13.8. The standard InChI is InChI=1S/C16H27N3/c1-13-7-14(2)9-15(8-13)10-17-11-16-12-18(3)5-6-19(16)4/h7-9,16-17H,5-6,10-12H2,1-4H3. The summed E-state index contributed by atoms with van der Waals surface area (Å²) in [5.74, 6) is 0. The molecular weight excluding hydrogens is 234 g/mol. The number of likely N-dealkylation sites (N-methyl/N-ethyl adjacent to an activating group) is 2. The summed E-state index contributed by atoms with van der Waals surface area (Å²) < 4.78 is 0. The highest BCUT2D eigenvalue weighted by Gasteiger charge is 2.21. The van der Waals surface area contributed by atoms with Crippen LogP contribution in [0.3, 0.4) is 0 Å². The van der Waals surface area contributed by atoms with E-state index in [1.165, 1.54) is 29.8 Å². The van der Waals surface area contributed by atoms with Crippen LogP contribution in [0.1, 0.15) is 16.7 Å². The van der Waals surface area contributed by atoms with Crippen LogP contribution in [0.15, 0.2) is 18.2 Å². The third kappa shape index (κ3) is 4.30. The Morgan fingerprint density at radius 1 is 1.11 bits per heavy atom. The van der Waals surface area contributed by atoms with E-state index in [-0.39, 0.29) is 0 Å². The van der Waals surface area contributed by atoms with Crippen LogP contribution in [0.5, 0.6) is 0 Å². The molecule has 1 aromatic rings. The van der Waals surface area contributed by atoms with Gasteiger partial charge in [0.2, 0.25) is 0 Å². The van der Waals surface area contributed by atoms with Gasteiger partial charge in [-0.15, -0.1) is 0 Å². The van der Waals surface area contributed by atoms with E-state index in [1.54, 1.807) is 0 Å². The first-order valence-electron chi connectivity index (χ1n) is 7.21. The first-order chi connectivity index (χ1) is 9.04. The number of hydrogen-bond acceptors (Lipinski definition) is 3. The third-order valence-corrected chi connectivity index (χ3v) is 3.97. The van der Waals surface area contributed by atoms with Crippen molar-refractivity contribution in [1.82, 2.24) is 15.1 Å². The molecule has 3 heteroatoms. The highest BCUT2D eigenvalue weighted by Crippen LogP contribution is 2.09. The van der Waals surface area contributed by atoms with Gasteiger partial charge in [0.25, 0.3) is 0 Å². The van der Waals surface area contributed by atoms with E-state index < -0.39 is 0 Å². The van der Waals surface area contributed by atoms with Gasteiger partial charge in [-0.05, 0) is 33.5 Å². The van der Waals surface area contributed by atoms with Crippen LogP contribution in [0.2, 0.25) is 0 Å². The summed E-state index contributed by atoms with van der Waals surface area (Å²) in [4.78, 5) is 4.89. The number of nitrogens with one attached hydrogen (secondary N) is 1. The SMILES string of the molecule is Cc1cc(C)cc(CNCC2CN(C)CCN2C)c1. The van der Waals surface area contributed by atoms with E-state index >= 15 is 0 Å². The highest BCUT2D eigenvalue weighted by atomic mass is 15.3. The Kier molecular flexibility index (Phi) is 4.97. The minimum Gasteiger partial charge on any atom is -0.311 e. The summed E-state index contributed by atoms with van der Waals surface area (Å²) in [7, 11) is 4.44. The molecule has 1 N–H and O–H groups in total. The fourth-order valence-corrected chi connectivity index (χ4v) is 2.88. The van der Waals surface area contributed by atoms with Crippen LogP contribution in [0.4, 0.5) is 0 Å². The number of hydrogen-bond donors (Lipinski definition) is 1. The predicted molar refractivity (Wildman–Crippen MR) is 81.5 cm³/mol. The molecule has 1 atom stereocenters. The molecule has 0 radical (unpaired) electrons. The van der Waals surface area contributed by atoms with Crippen molar-refractivity contribution in [2.24, 2.45) is 0 Å². The molecule has 1 heterocycles. The average molecular weight is 261 g/mol. The Hall–Kier alpha value is -0.900. The molecule has 0 saturated carbocycles. The molecule has 1 aliphatic rings. The molecule has 19 heavy (non-hydrogen) atoms. The highest BCUT2D eigenvalue weighted by molar-refractivity contribution is 5.28. The van der Waals surface area contributed by atoms with Crippen LogP contribution in [0.25, 0.3) is 0 Å². The average Bonchev–Trinajstić information content (AvgIpc) is 2.32. The van der Waals surface area contributed by atoms with Crippen LogP contribution in [0, 0.1) is 13.8 Å². The second-order valence-electron chi connectivity index (χ2n) is 6.02. The molecule has 1 saturated heterocycles. The lowest BCUT2D eigenvalue weighted by atomic mass is 10.1. The van der Waals surface area contributed by atoms with E-state index in [2.05, 4.69) is 61.3 Å². The van der Waals surface area contributed by atoms with E-state index in [0.29, 0.717) is 6.04 Å². The molecular formula is C16H27N3. The van der Waals surface area contributed by atoms with Crippen molar-refractivity contribution in [2.45, 2.75) is 26.4 Å². The summed E-state index contributed by atoms with van der Waals surface area (Å²) in [6, 6.07) is 7.41. The lowest BCUT2D eigenvalue weighted by Crippen LogP contribution is -2.53. The molecule has 0 amide bonds. The van der Waals surface area contributed by atoms with Gasteiger partial charge in [-0.2, -0.15) is 0 Å². The zero-order valence-corrected chi connectivity index (χ0v) is 12.7. The molecule has 1 aromatic carbocycles. The van der Waals surface area contributed by atoms with Crippen molar-refractivity contribution in [1.29, 1.82) is 0 Å². The molecule has 1 aliphatic heterocycles. The van der Waals surface area contributed by atoms with Crippen LogP contribution >= 0.6 is 0 Å². The van der Waals surface area contributed by atoms with E-state index in [9.17, 15) is 0 Å². The molecule has 2 rings (SSSR count).